The van der Waals surface area contributed by atoms with Crippen molar-refractivity contribution in [1.29, 1.82) is 0 Å². The maximum atomic E-state index is 14.4. The van der Waals surface area contributed by atoms with Gasteiger partial charge in [-0.3, -0.25) is 9.89 Å². The lowest BCUT2D eigenvalue weighted by Gasteiger charge is -2.08. The molecule has 35 heavy (non-hydrogen) atoms. The fourth-order valence-corrected chi connectivity index (χ4v) is 4.34. The number of carboxylic acids is 1. The first-order chi connectivity index (χ1) is 16.8. The number of hydrogen-bond acceptors (Lipinski definition) is 5. The maximum absolute atomic E-state index is 14.4. The number of azo groups is 1. The standard InChI is InChI=1S/C26H21FN4O4/c1-14-23(25(33)31(30-14)20-9-8-15-4-2-5-16(15)11-20)29-28-22-13-19(27)12-21(24(22)32)17-6-3-7-18(10-17)26(34)35/h3,6-13,30,32H,2,4-5H2,1H3,(H,34,35). The fourth-order valence-electron chi connectivity index (χ4n) is 4.34. The van der Waals surface area contributed by atoms with E-state index in [2.05, 4.69) is 15.3 Å². The van der Waals surface area contributed by atoms with Gasteiger partial charge in [-0.25, -0.2) is 13.9 Å². The molecule has 0 atom stereocenters. The molecule has 0 spiro atoms. The van der Waals surface area contributed by atoms with Crippen LogP contribution in [-0.2, 0) is 12.8 Å². The van der Waals surface area contributed by atoms with Crippen molar-refractivity contribution in [2.75, 3.05) is 0 Å². The van der Waals surface area contributed by atoms with Gasteiger partial charge in [0.1, 0.15) is 11.5 Å². The zero-order valence-electron chi connectivity index (χ0n) is 18.7. The first-order valence-electron chi connectivity index (χ1n) is 11.0. The molecule has 1 aliphatic carbocycles. The molecular weight excluding hydrogens is 451 g/mol. The predicted octanol–water partition coefficient (Wildman–Crippen LogP) is 5.59. The number of H-pyrrole nitrogens is 1. The molecule has 0 aliphatic heterocycles. The van der Waals surface area contributed by atoms with Crippen molar-refractivity contribution >= 4 is 17.3 Å². The van der Waals surface area contributed by atoms with Crippen molar-refractivity contribution in [1.82, 2.24) is 9.78 Å². The number of phenols is 1. The Bertz CT molecular complexity index is 1570. The maximum Gasteiger partial charge on any atom is 0.335 e. The van der Waals surface area contributed by atoms with Crippen LogP contribution >= 0.6 is 0 Å². The van der Waals surface area contributed by atoms with Gasteiger partial charge in [0.2, 0.25) is 0 Å². The number of halogens is 1. The van der Waals surface area contributed by atoms with Crippen LogP contribution in [0.3, 0.4) is 0 Å². The molecule has 5 rings (SSSR count). The van der Waals surface area contributed by atoms with E-state index < -0.39 is 17.3 Å². The van der Waals surface area contributed by atoms with Crippen LogP contribution in [0.2, 0.25) is 0 Å². The number of aromatic amines is 1. The molecule has 3 aromatic carbocycles. The Kier molecular flexibility index (Phi) is 5.52. The minimum absolute atomic E-state index is 0.00982. The molecule has 0 unspecified atom stereocenters. The summed E-state index contributed by atoms with van der Waals surface area (Å²) < 4.78 is 15.8. The summed E-state index contributed by atoms with van der Waals surface area (Å²) in [6, 6.07) is 13.7. The molecule has 0 bridgehead atoms. The van der Waals surface area contributed by atoms with Gasteiger partial charge < -0.3 is 10.2 Å². The molecule has 1 heterocycles. The second-order valence-electron chi connectivity index (χ2n) is 8.44. The van der Waals surface area contributed by atoms with Crippen molar-refractivity contribution in [2.24, 2.45) is 10.2 Å². The Morgan fingerprint density at radius 3 is 2.66 bits per heavy atom. The van der Waals surface area contributed by atoms with Crippen molar-refractivity contribution in [3.05, 3.63) is 93.2 Å². The molecular formula is C26H21FN4O4. The number of rotatable bonds is 5. The quantitative estimate of drug-likeness (QED) is 0.328. The van der Waals surface area contributed by atoms with Crippen molar-refractivity contribution in [3.63, 3.8) is 0 Å². The minimum Gasteiger partial charge on any atom is -0.505 e. The second-order valence-corrected chi connectivity index (χ2v) is 8.44. The Morgan fingerprint density at radius 2 is 1.86 bits per heavy atom. The molecule has 0 saturated carbocycles. The first kappa shape index (κ1) is 22.3. The molecule has 176 valence electrons. The summed E-state index contributed by atoms with van der Waals surface area (Å²) >= 11 is 0. The fraction of sp³-hybridized carbons (Fsp3) is 0.154. The third kappa shape index (κ3) is 4.12. The summed E-state index contributed by atoms with van der Waals surface area (Å²) in [5, 5.41) is 30.9. The number of hydrogen-bond donors (Lipinski definition) is 3. The Balaban J connectivity index is 1.52. The van der Waals surface area contributed by atoms with Crippen LogP contribution in [0.4, 0.5) is 15.8 Å². The number of fused-ring (bicyclic) bond motifs is 1. The Hall–Kier alpha value is -4.53. The van der Waals surface area contributed by atoms with Gasteiger partial charge in [-0.05, 0) is 73.2 Å². The van der Waals surface area contributed by atoms with Gasteiger partial charge in [-0.2, -0.15) is 0 Å². The summed E-state index contributed by atoms with van der Waals surface area (Å²) in [6.07, 6.45) is 3.10. The third-order valence-electron chi connectivity index (χ3n) is 6.11. The van der Waals surface area contributed by atoms with Gasteiger partial charge in [0, 0.05) is 11.6 Å². The number of nitrogens with zero attached hydrogens (tertiary/aromatic N) is 3. The van der Waals surface area contributed by atoms with Crippen molar-refractivity contribution < 1.29 is 19.4 Å². The van der Waals surface area contributed by atoms with Crippen LogP contribution in [-0.4, -0.2) is 26.0 Å². The van der Waals surface area contributed by atoms with Crippen LogP contribution in [0.5, 0.6) is 5.75 Å². The highest BCUT2D eigenvalue weighted by Gasteiger charge is 2.17. The number of benzene rings is 3. The van der Waals surface area contributed by atoms with Crippen molar-refractivity contribution in [3.8, 4) is 22.6 Å². The normalized spacial score (nSPS) is 12.9. The summed E-state index contributed by atoms with van der Waals surface area (Å²) in [5.74, 6) is -2.23. The molecule has 8 nitrogen and oxygen atoms in total. The summed E-state index contributed by atoms with van der Waals surface area (Å²) in [6.45, 7) is 1.67. The largest absolute Gasteiger partial charge is 0.505 e. The summed E-state index contributed by atoms with van der Waals surface area (Å²) in [4.78, 5) is 24.3. The van der Waals surface area contributed by atoms with E-state index in [1.165, 1.54) is 34.0 Å². The number of aromatic carboxylic acids is 1. The smallest absolute Gasteiger partial charge is 0.335 e. The van der Waals surface area contributed by atoms with Crippen LogP contribution < -0.4 is 5.56 Å². The monoisotopic (exact) mass is 472 g/mol. The second kappa shape index (κ2) is 8.68. The summed E-state index contributed by atoms with van der Waals surface area (Å²) in [5.41, 5.74) is 3.43. The van der Waals surface area contributed by atoms with Gasteiger partial charge in [0.25, 0.3) is 5.56 Å². The number of aromatic nitrogens is 2. The Labute approximate surface area is 199 Å². The van der Waals surface area contributed by atoms with E-state index in [1.807, 2.05) is 18.2 Å². The van der Waals surface area contributed by atoms with E-state index in [0.717, 1.165) is 31.4 Å². The predicted molar refractivity (Wildman–Crippen MR) is 128 cm³/mol. The number of carbonyl (C=O) groups is 1. The van der Waals surface area contributed by atoms with Gasteiger partial charge in [-0.1, -0.05) is 18.2 Å². The Morgan fingerprint density at radius 1 is 1.06 bits per heavy atom. The van der Waals surface area contributed by atoms with Crippen molar-refractivity contribution in [2.45, 2.75) is 26.2 Å². The van der Waals surface area contributed by atoms with Crippen LogP contribution in [0.15, 0.2) is 69.6 Å². The van der Waals surface area contributed by atoms with E-state index in [0.29, 0.717) is 16.9 Å². The minimum atomic E-state index is -1.15. The molecule has 1 aromatic heterocycles. The van der Waals surface area contributed by atoms with Gasteiger partial charge >= 0.3 is 5.97 Å². The van der Waals surface area contributed by atoms with E-state index >= 15 is 0 Å². The van der Waals surface area contributed by atoms with E-state index in [1.54, 1.807) is 13.0 Å². The SMILES string of the molecule is Cc1[nH]n(-c2ccc3c(c2)CCC3)c(=O)c1N=Nc1cc(F)cc(-c2cccc(C(=O)O)c2)c1O. The molecule has 0 fully saturated rings. The molecule has 9 heteroatoms. The third-order valence-corrected chi connectivity index (χ3v) is 6.11. The zero-order valence-corrected chi connectivity index (χ0v) is 18.7. The lowest BCUT2D eigenvalue weighted by Crippen LogP contribution is -2.14. The molecule has 0 saturated heterocycles. The zero-order chi connectivity index (χ0) is 24.7. The average molecular weight is 472 g/mol. The number of nitrogens with one attached hydrogen (secondary N) is 1. The topological polar surface area (TPSA) is 120 Å². The number of carboxylic acid groups (broad SMARTS) is 1. The van der Waals surface area contributed by atoms with E-state index in [9.17, 15) is 24.2 Å². The van der Waals surface area contributed by atoms with Gasteiger partial charge in [0.05, 0.1) is 16.9 Å². The van der Waals surface area contributed by atoms with Gasteiger partial charge in [-0.15, -0.1) is 10.2 Å². The first-order valence-corrected chi connectivity index (χ1v) is 11.0. The van der Waals surface area contributed by atoms with Crippen LogP contribution in [0.1, 0.15) is 33.6 Å². The number of phenolic OH excluding ortho intramolecular Hbond substituents is 1. The number of aromatic hydroxyl groups is 1. The molecule has 3 N–H and O–H groups in total. The van der Waals surface area contributed by atoms with E-state index in [-0.39, 0.29) is 28.3 Å². The molecule has 0 amide bonds. The lowest BCUT2D eigenvalue weighted by molar-refractivity contribution is 0.0697. The van der Waals surface area contributed by atoms with Crippen LogP contribution in [0.25, 0.3) is 16.8 Å². The molecule has 1 aliphatic rings. The highest BCUT2D eigenvalue weighted by molar-refractivity contribution is 5.90. The average Bonchev–Trinajstić information content (AvgIpc) is 3.42. The summed E-state index contributed by atoms with van der Waals surface area (Å²) in [7, 11) is 0. The lowest BCUT2D eigenvalue weighted by atomic mass is 10.0. The van der Waals surface area contributed by atoms with Crippen LogP contribution in [0, 0.1) is 12.7 Å². The van der Waals surface area contributed by atoms with E-state index in [4.69, 9.17) is 0 Å². The highest BCUT2D eigenvalue weighted by atomic mass is 19.1. The molecule has 0 radical (unpaired) electrons. The highest BCUT2D eigenvalue weighted by Crippen LogP contribution is 2.39. The number of aryl methyl sites for hydroxylation is 3. The van der Waals surface area contributed by atoms with Gasteiger partial charge in [0.15, 0.2) is 11.4 Å². The molecule has 4 aromatic rings.